The second kappa shape index (κ2) is 5.56. The van der Waals surface area contributed by atoms with Crippen LogP contribution in [0.5, 0.6) is 0 Å². The molecule has 0 aromatic heterocycles. The zero-order valence-corrected chi connectivity index (χ0v) is 12.9. The van der Waals surface area contributed by atoms with Crippen LogP contribution < -0.4 is 10.6 Å². The van der Waals surface area contributed by atoms with Crippen LogP contribution in [0.1, 0.15) is 21.5 Å². The molecule has 1 aliphatic rings. The Morgan fingerprint density at radius 2 is 1.95 bits per heavy atom. The fraction of sp³-hybridized carbons (Fsp3) is 0.133. The molecule has 0 unspecified atom stereocenters. The van der Waals surface area contributed by atoms with Gasteiger partial charge in [-0.25, -0.2) is 0 Å². The molecule has 0 saturated carbocycles. The van der Waals surface area contributed by atoms with E-state index in [1.54, 1.807) is 12.1 Å². The Morgan fingerprint density at radius 3 is 2.80 bits per heavy atom. The minimum atomic E-state index is -0.136. The van der Waals surface area contributed by atoms with Crippen LogP contribution in [-0.2, 0) is 13.1 Å². The Kier molecular flexibility index (Phi) is 3.78. The smallest absolute Gasteiger partial charge is 0.255 e. The van der Waals surface area contributed by atoms with Gasteiger partial charge < -0.3 is 10.6 Å². The van der Waals surface area contributed by atoms with E-state index in [-0.39, 0.29) is 5.91 Å². The van der Waals surface area contributed by atoms with Crippen molar-refractivity contribution in [2.75, 3.05) is 5.32 Å². The number of benzene rings is 2. The van der Waals surface area contributed by atoms with Gasteiger partial charge in [-0.15, -0.1) is 0 Å². The van der Waals surface area contributed by atoms with Crippen molar-refractivity contribution in [3.05, 3.63) is 62.6 Å². The Balaban J connectivity index is 1.84. The monoisotopic (exact) mass is 350 g/mol. The molecule has 3 rings (SSSR count). The maximum absolute atomic E-state index is 12.3. The van der Waals surface area contributed by atoms with Crippen LogP contribution in [-0.4, -0.2) is 5.91 Å². The average Bonchev–Trinajstić information content (AvgIpc) is 2.90. The van der Waals surface area contributed by atoms with Crippen LogP contribution in [0.3, 0.4) is 0 Å². The van der Waals surface area contributed by atoms with E-state index >= 15 is 0 Å². The predicted octanol–water partition coefficient (Wildman–Crippen LogP) is 3.96. The number of nitrogens with one attached hydrogen (secondary N) is 2. The van der Waals surface area contributed by atoms with Crippen LogP contribution in [0.2, 0.25) is 5.02 Å². The normalized spacial score (nSPS) is 13.1. The molecule has 0 radical (unpaired) electrons. The number of carbonyl (C=O) groups is 1. The highest BCUT2D eigenvalue weighted by Gasteiger charge is 2.14. The summed E-state index contributed by atoms with van der Waals surface area (Å²) in [6.45, 7) is 1.69. The molecule has 0 saturated heterocycles. The van der Waals surface area contributed by atoms with E-state index in [1.807, 2.05) is 24.3 Å². The molecule has 102 valence electrons. The Morgan fingerprint density at radius 1 is 1.15 bits per heavy atom. The lowest BCUT2D eigenvalue weighted by Crippen LogP contribution is -2.12. The molecule has 20 heavy (non-hydrogen) atoms. The fourth-order valence-corrected chi connectivity index (χ4v) is 2.74. The average molecular weight is 352 g/mol. The van der Waals surface area contributed by atoms with Gasteiger partial charge in [-0.1, -0.05) is 17.7 Å². The second-order valence-corrected chi connectivity index (χ2v) is 5.96. The second-order valence-electron chi connectivity index (χ2n) is 4.67. The highest BCUT2D eigenvalue weighted by molar-refractivity contribution is 9.10. The lowest BCUT2D eigenvalue weighted by molar-refractivity contribution is 0.102. The largest absolute Gasteiger partial charge is 0.321 e. The van der Waals surface area contributed by atoms with Crippen molar-refractivity contribution in [2.45, 2.75) is 13.1 Å². The molecule has 1 amide bonds. The van der Waals surface area contributed by atoms with Crippen LogP contribution in [0.25, 0.3) is 0 Å². The summed E-state index contributed by atoms with van der Waals surface area (Å²) in [7, 11) is 0. The zero-order chi connectivity index (χ0) is 14.1. The summed E-state index contributed by atoms with van der Waals surface area (Å²) in [6.07, 6.45) is 0. The maximum atomic E-state index is 12.3. The van der Waals surface area contributed by atoms with Crippen LogP contribution in [0.15, 0.2) is 40.9 Å². The molecule has 3 nitrogen and oxygen atoms in total. The summed E-state index contributed by atoms with van der Waals surface area (Å²) in [5, 5.41) is 6.72. The zero-order valence-electron chi connectivity index (χ0n) is 10.5. The highest BCUT2D eigenvalue weighted by Crippen LogP contribution is 2.26. The molecular formula is C15H12BrClN2O. The van der Waals surface area contributed by atoms with E-state index < -0.39 is 0 Å². The highest BCUT2D eigenvalue weighted by atomic mass is 79.9. The van der Waals surface area contributed by atoms with Crippen LogP contribution in [0.4, 0.5) is 5.69 Å². The first kappa shape index (κ1) is 13.6. The van der Waals surface area contributed by atoms with Gasteiger partial charge in [0.2, 0.25) is 0 Å². The van der Waals surface area contributed by atoms with E-state index in [2.05, 4.69) is 26.6 Å². The number of hydrogen-bond acceptors (Lipinski definition) is 2. The molecule has 2 aromatic carbocycles. The number of amides is 1. The van der Waals surface area contributed by atoms with Crippen molar-refractivity contribution in [3.63, 3.8) is 0 Å². The number of fused-ring (bicyclic) bond motifs is 1. The van der Waals surface area contributed by atoms with Gasteiger partial charge in [-0.2, -0.15) is 0 Å². The number of halogens is 2. The molecule has 2 N–H and O–H groups in total. The fourth-order valence-electron chi connectivity index (χ4n) is 2.22. The number of anilines is 1. The molecule has 1 heterocycles. The lowest BCUT2D eigenvalue weighted by atomic mass is 10.1. The first-order valence-electron chi connectivity index (χ1n) is 6.22. The van der Waals surface area contributed by atoms with E-state index in [9.17, 15) is 4.79 Å². The van der Waals surface area contributed by atoms with E-state index in [0.717, 1.165) is 17.6 Å². The van der Waals surface area contributed by atoms with Gasteiger partial charge in [0.25, 0.3) is 5.91 Å². The third-order valence-corrected chi connectivity index (χ3v) is 4.20. The van der Waals surface area contributed by atoms with Gasteiger partial charge >= 0.3 is 0 Å². The quantitative estimate of drug-likeness (QED) is 0.860. The van der Waals surface area contributed by atoms with Crippen molar-refractivity contribution in [1.82, 2.24) is 5.32 Å². The summed E-state index contributed by atoms with van der Waals surface area (Å²) >= 11 is 9.34. The van der Waals surface area contributed by atoms with Gasteiger partial charge in [0.1, 0.15) is 0 Å². The lowest BCUT2D eigenvalue weighted by Gasteiger charge is -2.09. The summed E-state index contributed by atoms with van der Waals surface area (Å²) < 4.78 is 0.804. The van der Waals surface area contributed by atoms with Crippen molar-refractivity contribution < 1.29 is 4.79 Å². The van der Waals surface area contributed by atoms with Crippen molar-refractivity contribution in [2.24, 2.45) is 0 Å². The van der Waals surface area contributed by atoms with Crippen molar-refractivity contribution >= 4 is 39.1 Å². The van der Waals surface area contributed by atoms with Crippen LogP contribution >= 0.6 is 27.5 Å². The van der Waals surface area contributed by atoms with Crippen LogP contribution in [0, 0.1) is 0 Å². The first-order valence-corrected chi connectivity index (χ1v) is 7.39. The number of hydrogen-bond donors (Lipinski definition) is 2. The Labute approximate surface area is 130 Å². The standard InChI is InChI=1S/C15H12BrClN2O/c16-13-4-3-12(17)6-14(13)19-15(20)9-1-2-10-7-18-8-11(10)5-9/h1-6,18H,7-8H2,(H,19,20). The Bertz CT molecular complexity index is 688. The molecule has 0 atom stereocenters. The van der Waals surface area contributed by atoms with Gasteiger partial charge in [-0.3, -0.25) is 4.79 Å². The van der Waals surface area contributed by atoms with Gasteiger partial charge in [0, 0.05) is 28.1 Å². The summed E-state index contributed by atoms with van der Waals surface area (Å²) in [6, 6.07) is 11.1. The molecular weight excluding hydrogens is 340 g/mol. The molecule has 2 aromatic rings. The van der Waals surface area contributed by atoms with E-state index in [1.165, 1.54) is 11.1 Å². The minimum Gasteiger partial charge on any atom is -0.321 e. The minimum absolute atomic E-state index is 0.136. The summed E-state index contributed by atoms with van der Waals surface area (Å²) in [5.41, 5.74) is 3.76. The van der Waals surface area contributed by atoms with Crippen molar-refractivity contribution in [1.29, 1.82) is 0 Å². The third-order valence-electron chi connectivity index (χ3n) is 3.28. The molecule has 0 aliphatic carbocycles. The Hall–Kier alpha value is -1.36. The third kappa shape index (κ3) is 2.73. The molecule has 5 heteroatoms. The first-order chi connectivity index (χ1) is 9.63. The summed E-state index contributed by atoms with van der Waals surface area (Å²) in [5.74, 6) is -0.136. The molecule has 0 bridgehead atoms. The topological polar surface area (TPSA) is 41.1 Å². The SMILES string of the molecule is O=C(Nc1cc(Cl)ccc1Br)c1ccc2c(c1)CNC2. The van der Waals surface area contributed by atoms with Gasteiger partial charge in [-0.05, 0) is 57.4 Å². The van der Waals surface area contributed by atoms with E-state index in [0.29, 0.717) is 16.3 Å². The molecule has 0 spiro atoms. The number of carbonyl (C=O) groups excluding carboxylic acids is 1. The van der Waals surface area contributed by atoms with E-state index in [4.69, 9.17) is 11.6 Å². The maximum Gasteiger partial charge on any atom is 0.255 e. The summed E-state index contributed by atoms with van der Waals surface area (Å²) in [4.78, 5) is 12.3. The van der Waals surface area contributed by atoms with Gasteiger partial charge in [0.05, 0.1) is 5.69 Å². The molecule has 0 fully saturated rings. The van der Waals surface area contributed by atoms with Gasteiger partial charge in [0.15, 0.2) is 0 Å². The number of rotatable bonds is 2. The van der Waals surface area contributed by atoms with Crippen molar-refractivity contribution in [3.8, 4) is 0 Å². The molecule has 1 aliphatic heterocycles. The predicted molar refractivity (Wildman–Crippen MR) is 84.1 cm³/mol.